The van der Waals surface area contributed by atoms with Gasteiger partial charge in [0.1, 0.15) is 6.54 Å². The van der Waals surface area contributed by atoms with Crippen LogP contribution in [0.15, 0.2) is 36.4 Å². The lowest BCUT2D eigenvalue weighted by molar-refractivity contribution is -0.114. The van der Waals surface area contributed by atoms with E-state index in [1.165, 1.54) is 18.2 Å². The van der Waals surface area contributed by atoms with Crippen LogP contribution in [0.5, 0.6) is 0 Å². The number of nitrogens with one attached hydrogen (secondary N) is 1. The second kappa shape index (κ2) is 8.01. The largest absolute Gasteiger partial charge is 0.322 e. The van der Waals surface area contributed by atoms with E-state index in [9.17, 15) is 13.2 Å². The Morgan fingerprint density at radius 2 is 1.52 bits per heavy atom. The Kier molecular flexibility index (Phi) is 6.45. The third-order valence-corrected chi connectivity index (χ3v) is 5.68. The van der Waals surface area contributed by atoms with Gasteiger partial charge < -0.3 is 5.32 Å². The molecular weight excluding hydrogens is 430 g/mol. The fraction of sp³-hybridized carbons (Fsp3) is 0.133. The molecule has 0 atom stereocenters. The smallest absolute Gasteiger partial charge is 0.245 e. The van der Waals surface area contributed by atoms with Crippen LogP contribution in [-0.4, -0.2) is 27.1 Å². The SMILES string of the molecule is CS(=O)(=O)N(CC(=O)Nc1c(Cl)cccc1Cl)c1cccc(Cl)c1Cl. The number of sulfonamides is 1. The number of amides is 1. The van der Waals surface area contributed by atoms with Gasteiger partial charge in [0.2, 0.25) is 15.9 Å². The summed E-state index contributed by atoms with van der Waals surface area (Å²) >= 11 is 24.0. The van der Waals surface area contributed by atoms with Crippen molar-refractivity contribution in [3.8, 4) is 0 Å². The fourth-order valence-electron chi connectivity index (χ4n) is 1.99. The number of hydrogen-bond donors (Lipinski definition) is 1. The third kappa shape index (κ3) is 4.92. The first-order valence-electron chi connectivity index (χ1n) is 6.77. The standard InChI is InChI=1S/C15H12Cl4N2O3S/c1-25(23,24)21(12-7-3-4-9(16)14(12)19)8-13(22)20-15-10(17)5-2-6-11(15)18/h2-7H,8H2,1H3,(H,20,22). The summed E-state index contributed by atoms with van der Waals surface area (Å²) in [5.41, 5.74) is 0.290. The van der Waals surface area contributed by atoms with E-state index in [1.807, 2.05) is 0 Å². The fourth-order valence-corrected chi connectivity index (χ4v) is 3.79. The number of carbonyl (C=O) groups excluding carboxylic acids is 1. The highest BCUT2D eigenvalue weighted by Crippen LogP contribution is 2.34. The normalized spacial score (nSPS) is 11.2. The molecule has 2 rings (SSSR count). The van der Waals surface area contributed by atoms with Gasteiger partial charge in [0.25, 0.3) is 0 Å². The van der Waals surface area contributed by atoms with Gasteiger partial charge >= 0.3 is 0 Å². The van der Waals surface area contributed by atoms with Crippen molar-refractivity contribution in [2.24, 2.45) is 0 Å². The highest BCUT2D eigenvalue weighted by atomic mass is 35.5. The molecule has 0 aromatic heterocycles. The quantitative estimate of drug-likeness (QED) is 0.730. The molecule has 1 amide bonds. The zero-order chi connectivity index (χ0) is 18.8. The lowest BCUT2D eigenvalue weighted by Crippen LogP contribution is -2.37. The molecule has 0 saturated heterocycles. The number of carbonyl (C=O) groups is 1. The Morgan fingerprint density at radius 1 is 1.00 bits per heavy atom. The summed E-state index contributed by atoms with van der Waals surface area (Å²) in [5.74, 6) is -0.642. The number of hydrogen-bond acceptors (Lipinski definition) is 3. The molecule has 0 aliphatic rings. The van der Waals surface area contributed by atoms with Crippen LogP contribution in [0.25, 0.3) is 0 Å². The number of anilines is 2. The molecule has 134 valence electrons. The van der Waals surface area contributed by atoms with Gasteiger partial charge in [0, 0.05) is 0 Å². The summed E-state index contributed by atoms with van der Waals surface area (Å²) < 4.78 is 25.1. The summed E-state index contributed by atoms with van der Waals surface area (Å²) in [6.45, 7) is -0.527. The van der Waals surface area contributed by atoms with Crippen LogP contribution in [0, 0.1) is 0 Å². The maximum atomic E-state index is 12.3. The summed E-state index contributed by atoms with van der Waals surface area (Å²) in [6.07, 6.45) is 0.958. The van der Waals surface area contributed by atoms with Crippen molar-refractivity contribution >= 4 is 73.7 Å². The lowest BCUT2D eigenvalue weighted by Gasteiger charge is -2.23. The van der Waals surface area contributed by atoms with E-state index >= 15 is 0 Å². The van der Waals surface area contributed by atoms with E-state index in [2.05, 4.69) is 5.32 Å². The summed E-state index contributed by atoms with van der Waals surface area (Å²) in [5, 5.41) is 3.15. The Bertz CT molecular complexity index is 899. The Balaban J connectivity index is 2.32. The molecule has 25 heavy (non-hydrogen) atoms. The minimum absolute atomic E-state index is 0.0261. The molecule has 0 unspecified atom stereocenters. The molecule has 0 bridgehead atoms. The van der Waals surface area contributed by atoms with E-state index in [1.54, 1.807) is 18.2 Å². The Morgan fingerprint density at radius 3 is 2.08 bits per heavy atom. The van der Waals surface area contributed by atoms with E-state index in [0.29, 0.717) is 0 Å². The number of halogens is 4. The molecule has 0 spiro atoms. The van der Waals surface area contributed by atoms with Crippen molar-refractivity contribution in [3.05, 3.63) is 56.5 Å². The van der Waals surface area contributed by atoms with Gasteiger partial charge in [0.15, 0.2) is 0 Å². The van der Waals surface area contributed by atoms with Crippen molar-refractivity contribution in [1.82, 2.24) is 0 Å². The number of nitrogens with zero attached hydrogens (tertiary/aromatic N) is 1. The number of benzene rings is 2. The van der Waals surface area contributed by atoms with Crippen molar-refractivity contribution in [2.75, 3.05) is 22.4 Å². The molecule has 1 N–H and O–H groups in total. The average molecular weight is 442 g/mol. The molecular formula is C15H12Cl4N2O3S. The van der Waals surface area contributed by atoms with Crippen molar-refractivity contribution in [2.45, 2.75) is 0 Å². The maximum absolute atomic E-state index is 12.3. The highest BCUT2D eigenvalue weighted by molar-refractivity contribution is 7.92. The zero-order valence-corrected chi connectivity index (χ0v) is 16.6. The van der Waals surface area contributed by atoms with Gasteiger partial charge in [-0.15, -0.1) is 0 Å². The molecule has 0 aliphatic heterocycles. The Hall–Kier alpha value is -1.18. The number of para-hydroxylation sites is 1. The minimum atomic E-state index is -3.80. The van der Waals surface area contributed by atoms with Crippen molar-refractivity contribution < 1.29 is 13.2 Å². The van der Waals surface area contributed by atoms with Crippen molar-refractivity contribution in [1.29, 1.82) is 0 Å². The number of rotatable bonds is 5. The average Bonchev–Trinajstić information content (AvgIpc) is 2.51. The predicted octanol–water partition coefficient (Wildman–Crippen LogP) is 4.70. The summed E-state index contributed by atoms with van der Waals surface area (Å²) in [7, 11) is -3.80. The molecule has 2 aromatic carbocycles. The van der Waals surface area contributed by atoms with Crippen LogP contribution in [0.1, 0.15) is 0 Å². The van der Waals surface area contributed by atoms with Gasteiger partial charge in [-0.1, -0.05) is 58.5 Å². The molecule has 0 aliphatic carbocycles. The van der Waals surface area contributed by atoms with E-state index in [-0.39, 0.29) is 31.5 Å². The maximum Gasteiger partial charge on any atom is 0.245 e. The second-order valence-electron chi connectivity index (χ2n) is 4.99. The molecule has 0 saturated carbocycles. The monoisotopic (exact) mass is 440 g/mol. The van der Waals surface area contributed by atoms with Gasteiger partial charge in [-0.25, -0.2) is 8.42 Å². The summed E-state index contributed by atoms with van der Waals surface area (Å²) in [4.78, 5) is 12.3. The van der Waals surface area contributed by atoms with Gasteiger partial charge in [-0.3, -0.25) is 9.10 Å². The van der Waals surface area contributed by atoms with Crippen LogP contribution in [0.4, 0.5) is 11.4 Å². The predicted molar refractivity (Wildman–Crippen MR) is 104 cm³/mol. The molecule has 2 aromatic rings. The van der Waals surface area contributed by atoms with Crippen LogP contribution >= 0.6 is 46.4 Å². The molecule has 10 heteroatoms. The minimum Gasteiger partial charge on any atom is -0.322 e. The zero-order valence-electron chi connectivity index (χ0n) is 12.8. The Labute approximate surface area is 165 Å². The van der Waals surface area contributed by atoms with Crippen molar-refractivity contribution in [3.63, 3.8) is 0 Å². The highest BCUT2D eigenvalue weighted by Gasteiger charge is 2.24. The first-order valence-corrected chi connectivity index (χ1v) is 10.1. The van der Waals surface area contributed by atoms with Crippen LogP contribution in [0.2, 0.25) is 20.1 Å². The first-order chi connectivity index (χ1) is 11.6. The molecule has 0 radical (unpaired) electrons. The van der Waals surface area contributed by atoms with Gasteiger partial charge in [0.05, 0.1) is 37.7 Å². The first kappa shape index (κ1) is 20.1. The van der Waals surface area contributed by atoms with Crippen LogP contribution in [0.3, 0.4) is 0 Å². The molecule has 5 nitrogen and oxygen atoms in total. The summed E-state index contributed by atoms with van der Waals surface area (Å²) in [6, 6.07) is 9.21. The van der Waals surface area contributed by atoms with E-state index < -0.39 is 22.5 Å². The van der Waals surface area contributed by atoms with Crippen LogP contribution < -0.4 is 9.62 Å². The van der Waals surface area contributed by atoms with E-state index in [0.717, 1.165) is 10.6 Å². The topological polar surface area (TPSA) is 66.5 Å². The second-order valence-corrected chi connectivity index (χ2v) is 8.49. The molecule has 0 fully saturated rings. The third-order valence-electron chi connectivity index (χ3n) is 3.11. The molecule has 0 heterocycles. The van der Waals surface area contributed by atoms with Crippen LogP contribution in [-0.2, 0) is 14.8 Å². The van der Waals surface area contributed by atoms with Gasteiger partial charge in [-0.05, 0) is 24.3 Å². The van der Waals surface area contributed by atoms with Gasteiger partial charge in [-0.2, -0.15) is 0 Å². The van der Waals surface area contributed by atoms with E-state index in [4.69, 9.17) is 46.4 Å². The lowest BCUT2D eigenvalue weighted by atomic mass is 10.3.